The van der Waals surface area contributed by atoms with Gasteiger partial charge >= 0.3 is 0 Å². The van der Waals surface area contributed by atoms with E-state index in [9.17, 15) is 4.79 Å². The minimum atomic E-state index is -0.233. The molecule has 38 heavy (non-hydrogen) atoms. The van der Waals surface area contributed by atoms with E-state index in [0.29, 0.717) is 36.0 Å². The molecular weight excluding hydrogens is 478 g/mol. The number of carbonyl (C=O) groups is 1. The quantitative estimate of drug-likeness (QED) is 0.335. The first-order chi connectivity index (χ1) is 18.5. The zero-order chi connectivity index (χ0) is 27.1. The Labute approximate surface area is 225 Å². The zero-order valence-corrected chi connectivity index (χ0v) is 22.8. The first-order valence-corrected chi connectivity index (χ1v) is 13.0. The lowest BCUT2D eigenvalue weighted by Crippen LogP contribution is -2.34. The summed E-state index contributed by atoms with van der Waals surface area (Å²) in [5, 5.41) is 3.13. The molecule has 0 saturated carbocycles. The molecule has 0 radical (unpaired) electrons. The van der Waals surface area contributed by atoms with Crippen molar-refractivity contribution < 1.29 is 23.7 Å². The van der Waals surface area contributed by atoms with Crippen LogP contribution in [0.25, 0.3) is 11.1 Å². The number of ether oxygens (including phenoxy) is 4. The van der Waals surface area contributed by atoms with Gasteiger partial charge < -0.3 is 24.3 Å². The van der Waals surface area contributed by atoms with E-state index in [1.165, 1.54) is 16.7 Å². The molecule has 1 heterocycles. The fraction of sp³-hybridized carbons (Fsp3) is 0.344. The first kappa shape index (κ1) is 27.3. The van der Waals surface area contributed by atoms with Crippen LogP contribution in [0.1, 0.15) is 31.1 Å². The van der Waals surface area contributed by atoms with Crippen LogP contribution in [0.3, 0.4) is 0 Å². The molecule has 0 bridgehead atoms. The molecule has 6 heteroatoms. The number of carbonyl (C=O) groups excluding carboxylic acids is 1. The summed E-state index contributed by atoms with van der Waals surface area (Å²) in [7, 11) is 4.80. The molecule has 0 aliphatic carbocycles. The Hall–Kier alpha value is -3.77. The van der Waals surface area contributed by atoms with Crippen LogP contribution in [0.5, 0.6) is 17.2 Å². The largest absolute Gasteiger partial charge is 0.493 e. The summed E-state index contributed by atoms with van der Waals surface area (Å²) in [6, 6.07) is 23.0. The standard InChI is InChI=1S/C32H37NO5/c1-6-21(2)32(34)33-19-27-26(16-22-12-14-24(15-13-22)23-10-8-7-9-11-23)20-38-30(27)25-17-28(35-3)31(37-5)29(18-25)36-4/h6-15,17-18,26-27,30H,16,19-20H2,1-5H3,(H,33,34)/b21-6-/t26-,27-,30+/m0/s1. The van der Waals surface area contributed by atoms with Crippen molar-refractivity contribution in [3.8, 4) is 28.4 Å². The SMILES string of the molecule is C/C=C(/C)C(=O)NC[C@H]1[C@@H](Cc2ccc(-c3ccccc3)cc2)CO[C@@H]1c1cc(OC)c(OC)c(OC)c1. The maximum Gasteiger partial charge on any atom is 0.246 e. The van der Waals surface area contributed by atoms with Crippen LogP contribution in [0, 0.1) is 11.8 Å². The average Bonchev–Trinajstić information content (AvgIpc) is 3.37. The van der Waals surface area contributed by atoms with Crippen LogP contribution in [0.2, 0.25) is 0 Å². The lowest BCUT2D eigenvalue weighted by atomic mass is 9.83. The molecule has 1 aliphatic rings. The summed E-state index contributed by atoms with van der Waals surface area (Å²) in [6.07, 6.45) is 2.44. The molecule has 6 nitrogen and oxygen atoms in total. The first-order valence-electron chi connectivity index (χ1n) is 13.0. The molecule has 1 fully saturated rings. The molecule has 1 aliphatic heterocycles. The molecule has 0 unspecified atom stereocenters. The van der Waals surface area contributed by atoms with Crippen LogP contribution < -0.4 is 19.5 Å². The molecule has 1 saturated heterocycles. The summed E-state index contributed by atoms with van der Waals surface area (Å²) in [4.78, 5) is 12.6. The van der Waals surface area contributed by atoms with Crippen molar-refractivity contribution in [1.29, 1.82) is 0 Å². The van der Waals surface area contributed by atoms with Crippen molar-refractivity contribution in [2.45, 2.75) is 26.4 Å². The highest BCUT2D eigenvalue weighted by Gasteiger charge is 2.39. The highest BCUT2D eigenvalue weighted by atomic mass is 16.5. The second-order valence-corrected chi connectivity index (χ2v) is 9.59. The van der Waals surface area contributed by atoms with Crippen molar-refractivity contribution in [3.63, 3.8) is 0 Å². The molecule has 0 spiro atoms. The third-order valence-electron chi connectivity index (χ3n) is 7.35. The molecule has 3 aromatic carbocycles. The van der Waals surface area contributed by atoms with Gasteiger partial charge in [-0.25, -0.2) is 0 Å². The third kappa shape index (κ3) is 6.03. The van der Waals surface area contributed by atoms with Gasteiger partial charge in [-0.1, -0.05) is 60.7 Å². The number of hydrogen-bond acceptors (Lipinski definition) is 5. The zero-order valence-electron chi connectivity index (χ0n) is 22.8. The van der Waals surface area contributed by atoms with Gasteiger partial charge in [-0.2, -0.15) is 0 Å². The highest BCUT2D eigenvalue weighted by Crippen LogP contribution is 2.45. The van der Waals surface area contributed by atoms with Crippen molar-refractivity contribution in [3.05, 3.63) is 89.5 Å². The molecule has 0 aromatic heterocycles. The van der Waals surface area contributed by atoms with Gasteiger partial charge in [-0.3, -0.25) is 4.79 Å². The molecule has 200 valence electrons. The summed E-state index contributed by atoms with van der Waals surface area (Å²) in [5.41, 5.74) is 5.26. The van der Waals surface area contributed by atoms with Crippen molar-refractivity contribution in [2.24, 2.45) is 11.8 Å². The summed E-state index contributed by atoms with van der Waals surface area (Å²) >= 11 is 0. The van der Waals surface area contributed by atoms with Crippen LogP contribution in [0.4, 0.5) is 0 Å². The maximum atomic E-state index is 12.6. The minimum Gasteiger partial charge on any atom is -0.493 e. The smallest absolute Gasteiger partial charge is 0.246 e. The van der Waals surface area contributed by atoms with E-state index < -0.39 is 0 Å². The molecule has 3 atom stereocenters. The number of amides is 1. The van der Waals surface area contributed by atoms with E-state index in [1.54, 1.807) is 21.3 Å². The van der Waals surface area contributed by atoms with Crippen molar-refractivity contribution >= 4 is 5.91 Å². The van der Waals surface area contributed by atoms with Crippen molar-refractivity contribution in [1.82, 2.24) is 5.32 Å². The van der Waals surface area contributed by atoms with Crippen LogP contribution in [-0.2, 0) is 16.0 Å². The fourth-order valence-corrected chi connectivity index (χ4v) is 5.06. The lowest BCUT2D eigenvalue weighted by molar-refractivity contribution is -0.117. The highest BCUT2D eigenvalue weighted by molar-refractivity contribution is 5.92. The summed E-state index contributed by atoms with van der Waals surface area (Å²) in [6.45, 7) is 4.78. The van der Waals surface area contributed by atoms with E-state index >= 15 is 0 Å². The van der Waals surface area contributed by atoms with Gasteiger partial charge in [0.1, 0.15) is 0 Å². The Kier molecular flexibility index (Phi) is 9.08. The predicted molar refractivity (Wildman–Crippen MR) is 150 cm³/mol. The monoisotopic (exact) mass is 515 g/mol. The lowest BCUT2D eigenvalue weighted by Gasteiger charge is -2.25. The van der Waals surface area contributed by atoms with E-state index in [2.05, 4.69) is 53.8 Å². The molecule has 1 amide bonds. The topological polar surface area (TPSA) is 66.0 Å². The Morgan fingerprint density at radius 1 is 0.947 bits per heavy atom. The maximum absolute atomic E-state index is 12.6. The Bertz CT molecular complexity index is 1230. The predicted octanol–water partition coefficient (Wildman–Crippen LogP) is 6.01. The molecular formula is C32H37NO5. The van der Waals surface area contributed by atoms with Gasteiger partial charge in [-0.05, 0) is 60.6 Å². The number of rotatable bonds is 10. The fourth-order valence-electron chi connectivity index (χ4n) is 5.06. The third-order valence-corrected chi connectivity index (χ3v) is 7.35. The van der Waals surface area contributed by atoms with E-state index in [-0.39, 0.29) is 23.8 Å². The van der Waals surface area contributed by atoms with Crippen LogP contribution in [0.15, 0.2) is 78.4 Å². The number of benzene rings is 3. The van der Waals surface area contributed by atoms with Gasteiger partial charge in [-0.15, -0.1) is 0 Å². The van der Waals surface area contributed by atoms with Gasteiger partial charge in [0.15, 0.2) is 11.5 Å². The number of methoxy groups -OCH3 is 3. The number of allylic oxidation sites excluding steroid dienone is 1. The number of hydrogen-bond donors (Lipinski definition) is 1. The molecule has 1 N–H and O–H groups in total. The Morgan fingerprint density at radius 2 is 1.58 bits per heavy atom. The van der Waals surface area contributed by atoms with E-state index in [4.69, 9.17) is 18.9 Å². The van der Waals surface area contributed by atoms with E-state index in [1.807, 2.05) is 38.1 Å². The Balaban J connectivity index is 1.60. The second kappa shape index (κ2) is 12.7. The van der Waals surface area contributed by atoms with Crippen LogP contribution >= 0.6 is 0 Å². The average molecular weight is 516 g/mol. The van der Waals surface area contributed by atoms with Gasteiger partial charge in [0.25, 0.3) is 0 Å². The summed E-state index contributed by atoms with van der Waals surface area (Å²) < 4.78 is 23.1. The normalized spacial score (nSPS) is 19.2. The number of nitrogens with one attached hydrogen (secondary N) is 1. The summed E-state index contributed by atoms with van der Waals surface area (Å²) in [5.74, 6) is 1.92. The van der Waals surface area contributed by atoms with Crippen LogP contribution in [-0.4, -0.2) is 40.4 Å². The van der Waals surface area contributed by atoms with Gasteiger partial charge in [0, 0.05) is 18.0 Å². The minimum absolute atomic E-state index is 0.0558. The Morgan fingerprint density at radius 3 is 2.16 bits per heavy atom. The van der Waals surface area contributed by atoms with Crippen molar-refractivity contribution in [2.75, 3.05) is 34.5 Å². The van der Waals surface area contributed by atoms with Gasteiger partial charge in [0.05, 0.1) is 34.0 Å². The molecule has 4 rings (SSSR count). The molecule has 3 aromatic rings. The van der Waals surface area contributed by atoms with E-state index in [0.717, 1.165) is 12.0 Å². The van der Waals surface area contributed by atoms with Gasteiger partial charge in [0.2, 0.25) is 11.7 Å². The second-order valence-electron chi connectivity index (χ2n) is 9.59.